The summed E-state index contributed by atoms with van der Waals surface area (Å²) < 4.78 is 1.45. The van der Waals surface area contributed by atoms with E-state index in [1.807, 2.05) is 35.2 Å². The highest BCUT2D eigenvalue weighted by molar-refractivity contribution is 5.77. The van der Waals surface area contributed by atoms with Gasteiger partial charge in [0.2, 0.25) is 5.91 Å². The van der Waals surface area contributed by atoms with Gasteiger partial charge in [-0.1, -0.05) is 37.3 Å². The van der Waals surface area contributed by atoms with Crippen LogP contribution in [0.4, 0.5) is 0 Å². The first-order valence-electron chi connectivity index (χ1n) is 9.44. The van der Waals surface area contributed by atoms with Crippen molar-refractivity contribution in [2.45, 2.75) is 51.2 Å². The zero-order chi connectivity index (χ0) is 19.4. The van der Waals surface area contributed by atoms with Crippen molar-refractivity contribution in [2.75, 3.05) is 13.1 Å². The lowest BCUT2D eigenvalue weighted by Crippen LogP contribution is -2.49. The van der Waals surface area contributed by atoms with E-state index in [0.29, 0.717) is 38.0 Å². The minimum Gasteiger partial charge on any atom is -0.388 e. The molecule has 6 heteroatoms. The zero-order valence-electron chi connectivity index (χ0n) is 16.0. The van der Waals surface area contributed by atoms with Crippen molar-refractivity contribution in [3.63, 3.8) is 0 Å². The molecule has 1 aromatic carbocycles. The van der Waals surface area contributed by atoms with Gasteiger partial charge in [0.15, 0.2) is 0 Å². The van der Waals surface area contributed by atoms with E-state index in [1.54, 1.807) is 6.92 Å². The fourth-order valence-electron chi connectivity index (χ4n) is 3.57. The summed E-state index contributed by atoms with van der Waals surface area (Å²) in [7, 11) is 0. The van der Waals surface area contributed by atoms with Gasteiger partial charge in [-0.3, -0.25) is 14.2 Å². The summed E-state index contributed by atoms with van der Waals surface area (Å²) in [6, 6.07) is 11.5. The van der Waals surface area contributed by atoms with Gasteiger partial charge in [-0.05, 0) is 31.2 Å². The van der Waals surface area contributed by atoms with Crippen molar-refractivity contribution in [3.8, 4) is 0 Å². The van der Waals surface area contributed by atoms with Crippen LogP contribution < -0.4 is 5.56 Å². The monoisotopic (exact) mass is 369 g/mol. The fraction of sp³-hybridized carbons (Fsp3) is 0.476. The lowest BCUT2D eigenvalue weighted by molar-refractivity contribution is -0.136. The Labute approximate surface area is 159 Å². The number of carbonyl (C=O) groups excluding carboxylic acids is 1. The molecule has 6 nitrogen and oxygen atoms in total. The number of carbonyl (C=O) groups is 1. The van der Waals surface area contributed by atoms with Crippen LogP contribution in [-0.2, 0) is 11.3 Å². The highest BCUT2D eigenvalue weighted by Gasteiger charge is 2.34. The molecule has 0 bridgehead atoms. The Hall–Kier alpha value is -2.47. The number of nitrogens with zero attached hydrogens (tertiary/aromatic N) is 3. The zero-order valence-corrected chi connectivity index (χ0v) is 16.0. The smallest absolute Gasteiger partial charge is 0.253 e. The molecule has 1 N–H and O–H groups in total. The Kier molecular flexibility index (Phi) is 5.75. The van der Waals surface area contributed by atoms with E-state index in [9.17, 15) is 14.7 Å². The second-order valence-corrected chi connectivity index (χ2v) is 7.62. The summed E-state index contributed by atoms with van der Waals surface area (Å²) in [5.74, 6) is 0.277. The van der Waals surface area contributed by atoms with Crippen LogP contribution in [0.3, 0.4) is 0 Å². The first-order chi connectivity index (χ1) is 12.9. The molecule has 1 saturated heterocycles. The molecule has 1 atom stereocenters. The normalized spacial score (nSPS) is 17.5. The first kappa shape index (κ1) is 19.3. The average molecular weight is 369 g/mol. The molecule has 0 spiro atoms. The number of amides is 1. The number of hydrogen-bond acceptors (Lipinski definition) is 4. The maximum absolute atomic E-state index is 12.6. The third kappa shape index (κ3) is 4.83. The number of hydrogen-bond donors (Lipinski definition) is 1. The Morgan fingerprint density at radius 3 is 2.56 bits per heavy atom. The van der Waals surface area contributed by atoms with Crippen molar-refractivity contribution in [3.05, 3.63) is 64.3 Å². The van der Waals surface area contributed by atoms with Gasteiger partial charge >= 0.3 is 0 Å². The van der Waals surface area contributed by atoms with Crippen LogP contribution in [-0.4, -0.2) is 44.2 Å². The summed E-state index contributed by atoms with van der Waals surface area (Å²) in [5, 5.41) is 10.9. The first-order valence-corrected chi connectivity index (χ1v) is 9.44. The fourth-order valence-corrected chi connectivity index (χ4v) is 3.57. The molecule has 1 aromatic heterocycles. The minimum atomic E-state index is -0.984. The molecule has 1 aliphatic heterocycles. The maximum atomic E-state index is 12.6. The second kappa shape index (κ2) is 8.05. The van der Waals surface area contributed by atoms with Gasteiger partial charge in [-0.15, -0.1) is 0 Å². The molecule has 2 aromatic rings. The molecule has 2 heterocycles. The Bertz CT molecular complexity index is 839. The summed E-state index contributed by atoms with van der Waals surface area (Å²) in [6.07, 6.45) is 2.86. The highest BCUT2D eigenvalue weighted by atomic mass is 16.3. The van der Waals surface area contributed by atoms with Crippen molar-refractivity contribution >= 4 is 5.91 Å². The summed E-state index contributed by atoms with van der Waals surface area (Å²) in [5.41, 5.74) is 0.677. The summed E-state index contributed by atoms with van der Waals surface area (Å²) in [4.78, 5) is 30.6. The molecular weight excluding hydrogens is 342 g/mol. The van der Waals surface area contributed by atoms with Crippen molar-refractivity contribution in [2.24, 2.45) is 0 Å². The Morgan fingerprint density at radius 2 is 1.93 bits per heavy atom. The predicted octanol–water partition coefficient (Wildman–Crippen LogP) is 2.10. The van der Waals surface area contributed by atoms with Crippen LogP contribution in [0.25, 0.3) is 0 Å². The van der Waals surface area contributed by atoms with Crippen molar-refractivity contribution in [1.82, 2.24) is 14.5 Å². The molecule has 1 amide bonds. The lowest BCUT2D eigenvalue weighted by atomic mass is 9.90. The number of aryl methyl sites for hydroxylation is 1. The number of benzene rings is 1. The molecule has 3 rings (SSSR count). The number of aliphatic hydroxyl groups is 1. The molecule has 0 aliphatic carbocycles. The van der Waals surface area contributed by atoms with Crippen LogP contribution in [0.1, 0.15) is 43.4 Å². The van der Waals surface area contributed by atoms with Crippen LogP contribution in [0.2, 0.25) is 0 Å². The third-order valence-electron chi connectivity index (χ3n) is 5.38. The second-order valence-electron chi connectivity index (χ2n) is 7.62. The van der Waals surface area contributed by atoms with Crippen molar-refractivity contribution in [1.29, 1.82) is 0 Å². The lowest BCUT2D eigenvalue weighted by Gasteiger charge is -2.38. The van der Waals surface area contributed by atoms with E-state index in [2.05, 4.69) is 11.9 Å². The number of aromatic nitrogens is 2. The highest BCUT2D eigenvalue weighted by Crippen LogP contribution is 2.26. The number of piperidine rings is 1. The topological polar surface area (TPSA) is 75.4 Å². The number of likely N-dealkylation sites (tertiary alicyclic amines) is 1. The predicted molar refractivity (Wildman–Crippen MR) is 103 cm³/mol. The molecule has 0 saturated carbocycles. The standard InChI is InChI=1S/C21H27N3O3/c1-16(18-6-4-3-5-7-18)12-19(25)23-10-8-21(27,9-11-23)14-24-15-22-17(2)13-20(24)26/h3-7,13,15-16,27H,8-12,14H2,1-2H3. The van der Waals surface area contributed by atoms with Gasteiger partial charge in [-0.2, -0.15) is 0 Å². The maximum Gasteiger partial charge on any atom is 0.253 e. The average Bonchev–Trinajstić information content (AvgIpc) is 2.65. The molecule has 1 unspecified atom stereocenters. The van der Waals surface area contributed by atoms with Crippen LogP contribution >= 0.6 is 0 Å². The van der Waals surface area contributed by atoms with E-state index >= 15 is 0 Å². The molecule has 0 radical (unpaired) electrons. The molecule has 27 heavy (non-hydrogen) atoms. The van der Waals surface area contributed by atoms with E-state index in [-0.39, 0.29) is 23.9 Å². The molecule has 144 valence electrons. The van der Waals surface area contributed by atoms with Gasteiger partial charge in [0.05, 0.1) is 18.5 Å². The van der Waals surface area contributed by atoms with Gasteiger partial charge in [0.25, 0.3) is 5.56 Å². The van der Waals surface area contributed by atoms with E-state index < -0.39 is 5.60 Å². The van der Waals surface area contributed by atoms with E-state index in [1.165, 1.54) is 17.0 Å². The minimum absolute atomic E-state index is 0.113. The third-order valence-corrected chi connectivity index (χ3v) is 5.38. The number of rotatable bonds is 5. The molecular formula is C21H27N3O3. The largest absolute Gasteiger partial charge is 0.388 e. The van der Waals surface area contributed by atoms with E-state index in [0.717, 1.165) is 5.56 Å². The van der Waals surface area contributed by atoms with Crippen LogP contribution in [0.5, 0.6) is 0 Å². The summed E-state index contributed by atoms with van der Waals surface area (Å²) >= 11 is 0. The van der Waals surface area contributed by atoms with Gasteiger partial charge < -0.3 is 10.0 Å². The Morgan fingerprint density at radius 1 is 1.26 bits per heavy atom. The molecule has 1 aliphatic rings. The Balaban J connectivity index is 1.56. The summed E-state index contributed by atoms with van der Waals surface area (Å²) in [6.45, 7) is 5.04. The van der Waals surface area contributed by atoms with Crippen LogP contribution in [0, 0.1) is 6.92 Å². The quantitative estimate of drug-likeness (QED) is 0.876. The van der Waals surface area contributed by atoms with Crippen molar-refractivity contribution < 1.29 is 9.90 Å². The van der Waals surface area contributed by atoms with Gasteiger partial charge in [-0.25, -0.2) is 4.98 Å². The van der Waals surface area contributed by atoms with Gasteiger partial charge in [0, 0.05) is 31.3 Å². The van der Waals surface area contributed by atoms with Crippen LogP contribution in [0.15, 0.2) is 47.5 Å². The van der Waals surface area contributed by atoms with E-state index in [4.69, 9.17) is 0 Å². The molecule has 1 fully saturated rings. The van der Waals surface area contributed by atoms with Gasteiger partial charge in [0.1, 0.15) is 0 Å². The SMILES string of the molecule is Cc1cc(=O)n(CC2(O)CCN(C(=O)CC(C)c3ccccc3)CC2)cn1.